The van der Waals surface area contributed by atoms with Gasteiger partial charge in [-0.1, -0.05) is 18.2 Å². The Labute approximate surface area is 140 Å². The molecule has 3 heterocycles. The van der Waals surface area contributed by atoms with Crippen LogP contribution in [0.4, 0.5) is 0 Å². The molecular weight excluding hydrogens is 330 g/mol. The minimum Gasteiger partial charge on any atom is -0.443 e. The maximum Gasteiger partial charge on any atom is 0.268 e. The zero-order valence-electron chi connectivity index (χ0n) is 12.4. The van der Waals surface area contributed by atoms with Crippen molar-refractivity contribution in [3.63, 3.8) is 0 Å². The highest BCUT2D eigenvalue weighted by atomic mass is 35.5. The summed E-state index contributed by atoms with van der Waals surface area (Å²) >= 11 is 5.75. The first-order valence-electron chi connectivity index (χ1n) is 7.27. The molecular formula is C17H12ClN3O3. The van der Waals surface area contributed by atoms with Crippen molar-refractivity contribution in [2.45, 2.75) is 6.54 Å². The van der Waals surface area contributed by atoms with Crippen LogP contribution in [0.15, 0.2) is 51.8 Å². The molecule has 4 rings (SSSR count). The van der Waals surface area contributed by atoms with Crippen molar-refractivity contribution in [2.75, 3.05) is 0 Å². The fourth-order valence-electron chi connectivity index (χ4n) is 2.70. The highest BCUT2D eigenvalue weighted by molar-refractivity contribution is 6.29. The van der Waals surface area contributed by atoms with Gasteiger partial charge in [-0.3, -0.25) is 9.59 Å². The number of pyridine rings is 1. The molecule has 0 saturated carbocycles. The lowest BCUT2D eigenvalue weighted by atomic mass is 10.1. The van der Waals surface area contributed by atoms with E-state index in [1.807, 2.05) is 12.1 Å². The van der Waals surface area contributed by atoms with E-state index in [2.05, 4.69) is 15.3 Å². The minimum atomic E-state index is -0.271. The maximum atomic E-state index is 12.3. The van der Waals surface area contributed by atoms with Crippen molar-refractivity contribution in [1.82, 2.24) is 15.3 Å². The molecule has 0 bridgehead atoms. The Morgan fingerprint density at radius 3 is 2.79 bits per heavy atom. The number of amides is 1. The Morgan fingerprint density at radius 2 is 2.00 bits per heavy atom. The van der Waals surface area contributed by atoms with Gasteiger partial charge in [0.05, 0.1) is 5.52 Å². The van der Waals surface area contributed by atoms with Crippen LogP contribution >= 0.6 is 11.6 Å². The highest BCUT2D eigenvalue weighted by Gasteiger charge is 2.13. The predicted octanol–water partition coefficient (Wildman–Crippen LogP) is 3.19. The normalized spacial score (nSPS) is 11.2. The van der Waals surface area contributed by atoms with Gasteiger partial charge in [-0.2, -0.15) is 0 Å². The van der Waals surface area contributed by atoms with E-state index in [1.54, 1.807) is 30.5 Å². The van der Waals surface area contributed by atoms with E-state index in [0.717, 1.165) is 10.9 Å². The molecule has 24 heavy (non-hydrogen) atoms. The topological polar surface area (TPSA) is 90.9 Å². The van der Waals surface area contributed by atoms with Crippen LogP contribution in [0.2, 0.25) is 5.22 Å². The van der Waals surface area contributed by atoms with Crippen molar-refractivity contribution in [2.24, 2.45) is 0 Å². The lowest BCUT2D eigenvalue weighted by Crippen LogP contribution is -2.23. The van der Waals surface area contributed by atoms with E-state index < -0.39 is 0 Å². The monoisotopic (exact) mass is 341 g/mol. The van der Waals surface area contributed by atoms with Crippen LogP contribution in [0.3, 0.4) is 0 Å². The summed E-state index contributed by atoms with van der Waals surface area (Å²) in [5.41, 5.74) is 2.26. The molecule has 4 aromatic rings. The molecule has 1 amide bonds. The Kier molecular flexibility index (Phi) is 3.39. The van der Waals surface area contributed by atoms with E-state index in [4.69, 9.17) is 16.0 Å². The van der Waals surface area contributed by atoms with E-state index >= 15 is 0 Å². The molecule has 3 aromatic heterocycles. The van der Waals surface area contributed by atoms with Crippen molar-refractivity contribution < 1.29 is 9.21 Å². The molecule has 0 spiro atoms. The van der Waals surface area contributed by atoms with Gasteiger partial charge >= 0.3 is 0 Å². The van der Waals surface area contributed by atoms with Crippen molar-refractivity contribution in [3.05, 3.63) is 69.4 Å². The van der Waals surface area contributed by atoms with E-state index in [-0.39, 0.29) is 23.2 Å². The van der Waals surface area contributed by atoms with Crippen LogP contribution in [-0.2, 0) is 6.54 Å². The standard InChI is InChI=1S/C17H12ClN3O3/c18-15-6-12-14(24-15)5-13(21-12)17(23)20-8-9-7-19-16(22)11-4-2-1-3-10(9)11/h1-7,21H,8H2,(H,19,22)(H,20,23). The highest BCUT2D eigenvalue weighted by Crippen LogP contribution is 2.23. The van der Waals surface area contributed by atoms with Gasteiger partial charge in [0.15, 0.2) is 10.8 Å². The van der Waals surface area contributed by atoms with Crippen LogP contribution in [0, 0.1) is 0 Å². The number of carbonyl (C=O) groups excluding carboxylic acids is 1. The van der Waals surface area contributed by atoms with Crippen molar-refractivity contribution >= 4 is 39.4 Å². The van der Waals surface area contributed by atoms with Gasteiger partial charge in [-0.15, -0.1) is 0 Å². The predicted molar refractivity (Wildman–Crippen MR) is 91.3 cm³/mol. The Bertz CT molecular complexity index is 1090. The molecule has 0 atom stereocenters. The second-order valence-corrected chi connectivity index (χ2v) is 5.76. The van der Waals surface area contributed by atoms with Crippen molar-refractivity contribution in [3.8, 4) is 0 Å². The first-order chi connectivity index (χ1) is 11.6. The number of benzene rings is 1. The number of aromatic nitrogens is 2. The van der Waals surface area contributed by atoms with E-state index in [0.29, 0.717) is 22.2 Å². The summed E-state index contributed by atoms with van der Waals surface area (Å²) in [5.74, 6) is -0.271. The molecule has 0 fully saturated rings. The fraction of sp³-hybridized carbons (Fsp3) is 0.0588. The number of aromatic amines is 2. The number of carbonyl (C=O) groups is 1. The number of furan rings is 1. The third kappa shape index (κ3) is 2.47. The number of rotatable bonds is 3. The first kappa shape index (κ1) is 14.6. The minimum absolute atomic E-state index is 0.151. The molecule has 3 N–H and O–H groups in total. The van der Waals surface area contributed by atoms with Crippen LogP contribution in [0.5, 0.6) is 0 Å². The van der Waals surface area contributed by atoms with E-state index in [1.165, 1.54) is 0 Å². The largest absolute Gasteiger partial charge is 0.443 e. The van der Waals surface area contributed by atoms with Crippen molar-refractivity contribution in [1.29, 1.82) is 0 Å². The fourth-order valence-corrected chi connectivity index (χ4v) is 2.89. The average Bonchev–Trinajstić information content (AvgIpc) is 3.11. The summed E-state index contributed by atoms with van der Waals surface area (Å²) in [4.78, 5) is 29.7. The molecule has 0 aliphatic carbocycles. The quantitative estimate of drug-likeness (QED) is 0.534. The molecule has 0 saturated heterocycles. The SMILES string of the molecule is O=C(NCc1c[nH]c(=O)c2ccccc12)c1cc2oc(Cl)cc2[nH]1. The van der Waals surface area contributed by atoms with Gasteiger partial charge in [0.2, 0.25) is 0 Å². The van der Waals surface area contributed by atoms with E-state index in [9.17, 15) is 9.59 Å². The number of fused-ring (bicyclic) bond motifs is 2. The summed E-state index contributed by atoms with van der Waals surface area (Å²) < 4.78 is 5.25. The Morgan fingerprint density at radius 1 is 1.21 bits per heavy atom. The van der Waals surface area contributed by atoms with Gasteiger partial charge in [-0.25, -0.2) is 0 Å². The van der Waals surface area contributed by atoms with Crippen LogP contribution in [0.25, 0.3) is 21.9 Å². The van der Waals surface area contributed by atoms with Gasteiger partial charge in [0.25, 0.3) is 11.5 Å². The smallest absolute Gasteiger partial charge is 0.268 e. The Hall–Kier alpha value is -2.99. The van der Waals surface area contributed by atoms with Crippen LogP contribution in [0.1, 0.15) is 16.1 Å². The molecule has 7 heteroatoms. The molecule has 1 aromatic carbocycles. The lowest BCUT2D eigenvalue weighted by molar-refractivity contribution is 0.0947. The number of H-pyrrole nitrogens is 2. The number of hydrogen-bond donors (Lipinski definition) is 3. The van der Waals surface area contributed by atoms with Crippen LogP contribution < -0.4 is 10.9 Å². The van der Waals surface area contributed by atoms with Crippen LogP contribution in [-0.4, -0.2) is 15.9 Å². The number of hydrogen-bond acceptors (Lipinski definition) is 3. The summed E-state index contributed by atoms with van der Waals surface area (Å²) in [7, 11) is 0. The Balaban J connectivity index is 1.58. The van der Waals surface area contributed by atoms with Gasteiger partial charge in [0, 0.05) is 30.3 Å². The third-order valence-electron chi connectivity index (χ3n) is 3.85. The third-order valence-corrected chi connectivity index (χ3v) is 4.04. The lowest BCUT2D eigenvalue weighted by Gasteiger charge is -2.07. The summed E-state index contributed by atoms with van der Waals surface area (Å²) in [6, 6.07) is 10.5. The second-order valence-electron chi connectivity index (χ2n) is 5.38. The average molecular weight is 342 g/mol. The molecule has 6 nitrogen and oxygen atoms in total. The summed E-state index contributed by atoms with van der Waals surface area (Å²) in [6.45, 7) is 0.289. The first-order valence-corrected chi connectivity index (χ1v) is 7.65. The summed E-state index contributed by atoms with van der Waals surface area (Å²) in [6.07, 6.45) is 1.62. The van der Waals surface area contributed by atoms with Gasteiger partial charge in [-0.05, 0) is 28.6 Å². The zero-order valence-corrected chi connectivity index (χ0v) is 13.1. The molecule has 120 valence electrons. The number of nitrogens with one attached hydrogen (secondary N) is 3. The zero-order chi connectivity index (χ0) is 16.7. The number of halogens is 1. The molecule has 0 aliphatic heterocycles. The van der Waals surface area contributed by atoms with Gasteiger partial charge in [0.1, 0.15) is 5.69 Å². The summed E-state index contributed by atoms with van der Waals surface area (Å²) in [5, 5.41) is 4.50. The molecule has 0 aliphatic rings. The molecule has 0 unspecified atom stereocenters. The maximum absolute atomic E-state index is 12.3. The second kappa shape index (κ2) is 5.58. The molecule has 0 radical (unpaired) electrons. The van der Waals surface area contributed by atoms with Gasteiger partial charge < -0.3 is 19.7 Å².